The monoisotopic (exact) mass is 468 g/mol. The molecule has 8 heteroatoms. The summed E-state index contributed by atoms with van der Waals surface area (Å²) >= 11 is 1.47. The van der Waals surface area contributed by atoms with Crippen LogP contribution in [-0.2, 0) is 6.42 Å². The highest BCUT2D eigenvalue weighted by Crippen LogP contribution is 2.34. The van der Waals surface area contributed by atoms with Crippen LogP contribution in [-0.4, -0.2) is 36.1 Å². The Kier molecular flexibility index (Phi) is 7.45. The van der Waals surface area contributed by atoms with Crippen molar-refractivity contribution in [2.75, 3.05) is 19.5 Å². The van der Waals surface area contributed by atoms with Gasteiger partial charge in [-0.05, 0) is 36.8 Å². The number of carbonyl (C=O) groups excluding carboxylic acids is 1. The van der Waals surface area contributed by atoms with Gasteiger partial charge in [0.1, 0.15) is 17.3 Å². The van der Waals surface area contributed by atoms with E-state index in [1.165, 1.54) is 30.6 Å². The van der Waals surface area contributed by atoms with E-state index < -0.39 is 0 Å². The molecule has 2 aromatic heterocycles. The zero-order valence-electron chi connectivity index (χ0n) is 19.5. The molecule has 0 bridgehead atoms. The van der Waals surface area contributed by atoms with Crippen molar-refractivity contribution in [1.29, 1.82) is 0 Å². The fraction of sp³-hybridized carbons (Fsp3) is 0.480. The highest BCUT2D eigenvalue weighted by atomic mass is 32.1. The van der Waals surface area contributed by atoms with Crippen LogP contribution < -0.4 is 20.5 Å². The molecule has 33 heavy (non-hydrogen) atoms. The first-order valence-electron chi connectivity index (χ1n) is 11.6. The number of rotatable bonds is 8. The van der Waals surface area contributed by atoms with Crippen LogP contribution in [0.1, 0.15) is 55.2 Å². The van der Waals surface area contributed by atoms with Crippen LogP contribution in [0.25, 0.3) is 10.2 Å². The number of fused-ring (bicyclic) bond motifs is 1. The summed E-state index contributed by atoms with van der Waals surface area (Å²) in [6.07, 6.45) is 8.42. The van der Waals surface area contributed by atoms with E-state index in [1.54, 1.807) is 32.4 Å². The molecule has 1 fully saturated rings. The number of nitrogens with two attached hydrogens (primary N) is 1. The molecule has 3 aromatic rings. The number of nitrogens with zero attached hydrogens (tertiary/aromatic N) is 2. The van der Waals surface area contributed by atoms with E-state index in [1.807, 2.05) is 11.6 Å². The fourth-order valence-corrected chi connectivity index (χ4v) is 5.67. The largest absolute Gasteiger partial charge is 0.497 e. The molecule has 0 saturated heterocycles. The Morgan fingerprint density at radius 2 is 2.09 bits per heavy atom. The van der Waals surface area contributed by atoms with Gasteiger partial charge in [-0.25, -0.2) is 9.97 Å². The Morgan fingerprint density at radius 3 is 2.82 bits per heavy atom. The standard InChI is InChI=1S/C25H32N4O3S/c1-4-15(17-7-5-6-8-19(17)26)11-23-27-13-22-24(29-23)18(14-33-22)25(30)28-20-10-9-16(31-2)12-21(20)32-3/h9-10,12-15,17,19H,4-8,11,26H2,1-3H3,(H,28,30). The number of thiophene rings is 1. The van der Waals surface area contributed by atoms with E-state index in [0.29, 0.717) is 40.1 Å². The Hall–Kier alpha value is -2.71. The third-order valence-corrected chi connectivity index (χ3v) is 7.62. The third-order valence-electron chi connectivity index (χ3n) is 6.71. The normalized spacial score (nSPS) is 19.3. The lowest BCUT2D eigenvalue weighted by Crippen LogP contribution is -2.38. The first-order chi connectivity index (χ1) is 16.0. The van der Waals surface area contributed by atoms with Gasteiger partial charge in [0.15, 0.2) is 0 Å². The second kappa shape index (κ2) is 10.5. The number of carbonyl (C=O) groups is 1. The predicted octanol–water partition coefficient (Wildman–Crippen LogP) is 5.05. The van der Waals surface area contributed by atoms with E-state index in [2.05, 4.69) is 17.2 Å². The van der Waals surface area contributed by atoms with Crippen molar-refractivity contribution in [2.45, 2.75) is 51.5 Å². The van der Waals surface area contributed by atoms with Gasteiger partial charge in [0.05, 0.1) is 35.7 Å². The predicted molar refractivity (Wildman–Crippen MR) is 132 cm³/mol. The fourth-order valence-electron chi connectivity index (χ4n) is 4.82. The lowest BCUT2D eigenvalue weighted by Gasteiger charge is -2.34. The molecule has 1 saturated carbocycles. The number of hydrogen-bond acceptors (Lipinski definition) is 7. The second-order valence-electron chi connectivity index (χ2n) is 8.65. The summed E-state index contributed by atoms with van der Waals surface area (Å²) in [6.45, 7) is 2.22. The van der Waals surface area contributed by atoms with Crippen LogP contribution in [0.15, 0.2) is 29.8 Å². The number of nitrogens with one attached hydrogen (secondary N) is 1. The van der Waals surface area contributed by atoms with Gasteiger partial charge in [-0.15, -0.1) is 11.3 Å². The summed E-state index contributed by atoms with van der Waals surface area (Å²) in [5.74, 6) is 2.71. The minimum Gasteiger partial charge on any atom is -0.497 e. The maximum atomic E-state index is 13.1. The second-order valence-corrected chi connectivity index (χ2v) is 9.56. The van der Waals surface area contributed by atoms with Gasteiger partial charge in [-0.3, -0.25) is 4.79 Å². The lowest BCUT2D eigenvalue weighted by molar-refractivity contribution is 0.102. The van der Waals surface area contributed by atoms with Crippen molar-refractivity contribution in [3.63, 3.8) is 0 Å². The number of anilines is 1. The molecule has 2 heterocycles. The number of amides is 1. The molecule has 1 amide bonds. The number of ether oxygens (including phenoxy) is 2. The first-order valence-corrected chi connectivity index (χ1v) is 12.4. The quantitative estimate of drug-likeness (QED) is 0.480. The van der Waals surface area contributed by atoms with E-state index in [9.17, 15) is 4.79 Å². The van der Waals surface area contributed by atoms with Gasteiger partial charge in [0.2, 0.25) is 0 Å². The molecular weight excluding hydrogens is 436 g/mol. The zero-order valence-corrected chi connectivity index (χ0v) is 20.3. The van der Waals surface area contributed by atoms with Crippen LogP contribution in [0.4, 0.5) is 5.69 Å². The van der Waals surface area contributed by atoms with Crippen molar-refractivity contribution >= 4 is 33.1 Å². The van der Waals surface area contributed by atoms with Crippen molar-refractivity contribution in [3.05, 3.63) is 41.2 Å². The summed E-state index contributed by atoms with van der Waals surface area (Å²) in [4.78, 5) is 22.6. The number of methoxy groups -OCH3 is 2. The molecule has 1 aromatic carbocycles. The Labute approximate surface area is 198 Å². The van der Waals surface area contributed by atoms with Gasteiger partial charge >= 0.3 is 0 Å². The van der Waals surface area contributed by atoms with Gasteiger partial charge in [0, 0.05) is 30.1 Å². The van der Waals surface area contributed by atoms with Gasteiger partial charge in [0.25, 0.3) is 5.91 Å². The van der Waals surface area contributed by atoms with Crippen molar-refractivity contribution in [2.24, 2.45) is 17.6 Å². The summed E-state index contributed by atoms with van der Waals surface area (Å²) < 4.78 is 11.5. The Morgan fingerprint density at radius 1 is 1.27 bits per heavy atom. The van der Waals surface area contributed by atoms with Crippen LogP contribution in [0.5, 0.6) is 11.5 Å². The Bertz CT molecular complexity index is 1120. The smallest absolute Gasteiger partial charge is 0.258 e. The maximum Gasteiger partial charge on any atom is 0.258 e. The van der Waals surface area contributed by atoms with Crippen molar-refractivity contribution in [1.82, 2.24) is 9.97 Å². The van der Waals surface area contributed by atoms with E-state index in [-0.39, 0.29) is 11.9 Å². The minimum atomic E-state index is -0.226. The van der Waals surface area contributed by atoms with Crippen LogP contribution in [0.2, 0.25) is 0 Å². The lowest BCUT2D eigenvalue weighted by atomic mass is 9.74. The molecule has 4 rings (SSSR count). The number of hydrogen-bond donors (Lipinski definition) is 2. The maximum absolute atomic E-state index is 13.1. The highest BCUT2D eigenvalue weighted by Gasteiger charge is 2.29. The summed E-state index contributed by atoms with van der Waals surface area (Å²) in [7, 11) is 3.15. The number of aromatic nitrogens is 2. The highest BCUT2D eigenvalue weighted by molar-refractivity contribution is 7.17. The van der Waals surface area contributed by atoms with E-state index in [0.717, 1.165) is 29.8 Å². The van der Waals surface area contributed by atoms with Gasteiger partial charge in [-0.2, -0.15) is 0 Å². The van der Waals surface area contributed by atoms with Crippen molar-refractivity contribution < 1.29 is 14.3 Å². The summed E-state index contributed by atoms with van der Waals surface area (Å²) in [6, 6.07) is 5.55. The van der Waals surface area contributed by atoms with Gasteiger partial charge < -0.3 is 20.5 Å². The Balaban J connectivity index is 1.56. The molecule has 3 atom stereocenters. The van der Waals surface area contributed by atoms with Crippen molar-refractivity contribution in [3.8, 4) is 11.5 Å². The topological polar surface area (TPSA) is 99.4 Å². The average Bonchev–Trinajstić information content (AvgIpc) is 3.26. The molecule has 0 spiro atoms. The van der Waals surface area contributed by atoms with Gasteiger partial charge in [-0.1, -0.05) is 26.2 Å². The minimum absolute atomic E-state index is 0.226. The molecule has 0 aliphatic heterocycles. The van der Waals surface area contributed by atoms with E-state index >= 15 is 0 Å². The molecule has 176 valence electrons. The summed E-state index contributed by atoms with van der Waals surface area (Å²) in [5.41, 5.74) is 8.26. The molecular formula is C25H32N4O3S. The SMILES string of the molecule is CCC(Cc1ncc2scc(C(=O)Nc3ccc(OC)cc3OC)c2n1)C1CCCCC1N. The third kappa shape index (κ3) is 5.12. The van der Waals surface area contributed by atoms with Crippen LogP contribution in [0, 0.1) is 11.8 Å². The molecule has 1 aliphatic rings. The molecule has 7 nitrogen and oxygen atoms in total. The van der Waals surface area contributed by atoms with Crippen LogP contribution >= 0.6 is 11.3 Å². The summed E-state index contributed by atoms with van der Waals surface area (Å²) in [5, 5.41) is 4.78. The molecule has 1 aliphatic carbocycles. The van der Waals surface area contributed by atoms with Crippen LogP contribution in [0.3, 0.4) is 0 Å². The molecule has 3 unspecified atom stereocenters. The molecule has 0 radical (unpaired) electrons. The zero-order chi connectivity index (χ0) is 23.4. The average molecular weight is 469 g/mol. The molecule has 3 N–H and O–H groups in total. The van der Waals surface area contributed by atoms with E-state index in [4.69, 9.17) is 20.2 Å². The number of benzene rings is 1. The first kappa shape index (κ1) is 23.4.